The molecule has 0 aliphatic rings. The maximum atomic E-state index is 14.0. The first-order valence-electron chi connectivity index (χ1n) is 5.44. The number of hydrogen-bond donors (Lipinski definition) is 0. The molecule has 0 heterocycles. The fraction of sp³-hybridized carbons (Fsp3) is 0.143. The lowest BCUT2D eigenvalue weighted by molar-refractivity contribution is 0.612. The molecule has 0 radical (unpaired) electrons. The van der Waals surface area contributed by atoms with Crippen molar-refractivity contribution in [1.82, 2.24) is 0 Å². The molecule has 5 heteroatoms. The van der Waals surface area contributed by atoms with E-state index in [9.17, 15) is 4.39 Å². The predicted molar refractivity (Wildman–Crippen MR) is 86.1 cm³/mol. The van der Waals surface area contributed by atoms with Gasteiger partial charge in [0.05, 0.1) is 9.85 Å². The molecule has 0 nitrogen and oxygen atoms in total. The summed E-state index contributed by atoms with van der Waals surface area (Å²) in [6.07, 6.45) is 0. The Bertz CT molecular complexity index is 629. The first kappa shape index (κ1) is 15.3. The van der Waals surface area contributed by atoms with Gasteiger partial charge in [0, 0.05) is 15.1 Å². The van der Waals surface area contributed by atoms with E-state index in [0.717, 1.165) is 11.1 Å². The van der Waals surface area contributed by atoms with Gasteiger partial charge in [0.2, 0.25) is 0 Å². The van der Waals surface area contributed by atoms with Gasteiger partial charge >= 0.3 is 0 Å². The summed E-state index contributed by atoms with van der Waals surface area (Å²) in [5.74, 6) is -0.314. The topological polar surface area (TPSA) is 0 Å². The molecular weight excluding hydrogens is 418 g/mol. The second-order valence-electron chi connectivity index (χ2n) is 4.16. The maximum Gasteiger partial charge on any atom is 0.129 e. The van der Waals surface area contributed by atoms with Gasteiger partial charge in [-0.25, -0.2) is 4.39 Å². The van der Waals surface area contributed by atoms with Gasteiger partial charge in [0.25, 0.3) is 0 Å². The van der Waals surface area contributed by atoms with E-state index in [1.54, 1.807) is 12.1 Å². The highest BCUT2D eigenvalue weighted by Gasteiger charge is 2.17. The van der Waals surface area contributed by atoms with E-state index in [2.05, 4.69) is 31.9 Å². The third-order valence-corrected chi connectivity index (χ3v) is 5.43. The van der Waals surface area contributed by atoms with Crippen LogP contribution in [-0.4, -0.2) is 0 Å². The average Bonchev–Trinajstić information content (AvgIpc) is 2.36. The van der Waals surface area contributed by atoms with E-state index in [1.807, 2.05) is 19.1 Å². The fourth-order valence-electron chi connectivity index (χ4n) is 1.74. The largest absolute Gasteiger partial charge is 0.207 e. The number of alkyl halides is 1. The molecule has 0 saturated carbocycles. The molecule has 100 valence electrons. The Kier molecular flexibility index (Phi) is 4.93. The van der Waals surface area contributed by atoms with Crippen LogP contribution >= 0.6 is 55.1 Å². The minimum Gasteiger partial charge on any atom is -0.207 e. The lowest BCUT2D eigenvalue weighted by Gasteiger charge is -2.14. The van der Waals surface area contributed by atoms with Crippen molar-refractivity contribution in [2.24, 2.45) is 0 Å². The summed E-state index contributed by atoms with van der Waals surface area (Å²) in [4.78, 5) is -0.269. The minimum absolute atomic E-state index is 0.269. The Morgan fingerprint density at radius 1 is 1.11 bits per heavy atom. The summed E-state index contributed by atoms with van der Waals surface area (Å²) in [5.41, 5.74) is 2.38. The highest BCUT2D eigenvalue weighted by Crippen LogP contribution is 2.37. The summed E-state index contributed by atoms with van der Waals surface area (Å²) >= 11 is 18.7. The van der Waals surface area contributed by atoms with Crippen molar-refractivity contribution in [2.75, 3.05) is 0 Å². The van der Waals surface area contributed by atoms with E-state index in [-0.39, 0.29) is 10.6 Å². The summed E-state index contributed by atoms with van der Waals surface area (Å²) in [6, 6.07) is 8.58. The molecule has 1 atom stereocenters. The zero-order chi connectivity index (χ0) is 14.2. The molecule has 0 spiro atoms. The Labute approximate surface area is 138 Å². The van der Waals surface area contributed by atoms with Crippen molar-refractivity contribution in [1.29, 1.82) is 0 Å². The van der Waals surface area contributed by atoms with E-state index in [1.165, 1.54) is 6.07 Å². The van der Waals surface area contributed by atoms with Gasteiger partial charge in [-0.3, -0.25) is 0 Å². The zero-order valence-electron chi connectivity index (χ0n) is 9.85. The molecular formula is C14H9Br2Cl2F. The van der Waals surface area contributed by atoms with Crippen LogP contribution in [0.15, 0.2) is 34.8 Å². The molecule has 0 aliphatic heterocycles. The second-order valence-corrected chi connectivity index (χ2v) is 6.74. The van der Waals surface area contributed by atoms with Crippen LogP contribution in [0.4, 0.5) is 4.39 Å². The average molecular weight is 427 g/mol. The van der Waals surface area contributed by atoms with Crippen molar-refractivity contribution in [3.05, 3.63) is 67.4 Å². The van der Waals surface area contributed by atoms with Crippen LogP contribution in [0.2, 0.25) is 10.0 Å². The lowest BCUT2D eigenvalue weighted by Crippen LogP contribution is -1.98. The van der Waals surface area contributed by atoms with Gasteiger partial charge in [0.15, 0.2) is 0 Å². The van der Waals surface area contributed by atoms with Crippen LogP contribution in [-0.2, 0) is 0 Å². The van der Waals surface area contributed by atoms with Crippen molar-refractivity contribution in [2.45, 2.75) is 11.8 Å². The molecule has 0 N–H and O–H groups in total. The van der Waals surface area contributed by atoms with Gasteiger partial charge in [-0.1, -0.05) is 51.3 Å². The summed E-state index contributed by atoms with van der Waals surface area (Å²) in [5, 5.41) is 1.17. The molecule has 0 fully saturated rings. The maximum absolute atomic E-state index is 14.0. The Hall–Kier alpha value is -0.0900. The van der Waals surface area contributed by atoms with Crippen molar-refractivity contribution in [3.8, 4) is 0 Å². The molecule has 0 aliphatic carbocycles. The van der Waals surface area contributed by atoms with E-state index >= 15 is 0 Å². The Morgan fingerprint density at radius 3 is 2.42 bits per heavy atom. The fourth-order valence-corrected chi connectivity index (χ4v) is 2.98. The Balaban J connectivity index is 2.46. The van der Waals surface area contributed by atoms with Gasteiger partial charge in [-0.15, -0.1) is 0 Å². The number of rotatable bonds is 2. The summed E-state index contributed by atoms with van der Waals surface area (Å²) in [6.45, 7) is 1.91. The minimum atomic E-state index is -0.314. The summed E-state index contributed by atoms with van der Waals surface area (Å²) < 4.78 is 14.5. The molecule has 2 aromatic rings. The van der Waals surface area contributed by atoms with Crippen molar-refractivity contribution in [3.63, 3.8) is 0 Å². The molecule has 2 aromatic carbocycles. The van der Waals surface area contributed by atoms with Gasteiger partial charge in [-0.05, 0) is 52.2 Å². The monoisotopic (exact) mass is 424 g/mol. The summed E-state index contributed by atoms with van der Waals surface area (Å²) in [7, 11) is 0. The zero-order valence-corrected chi connectivity index (χ0v) is 14.5. The molecule has 19 heavy (non-hydrogen) atoms. The first-order chi connectivity index (χ1) is 8.90. The van der Waals surface area contributed by atoms with Crippen LogP contribution in [0, 0.1) is 12.7 Å². The van der Waals surface area contributed by atoms with Crippen LogP contribution in [0.5, 0.6) is 0 Å². The van der Waals surface area contributed by atoms with Crippen molar-refractivity contribution < 1.29 is 4.39 Å². The third-order valence-electron chi connectivity index (χ3n) is 2.79. The van der Waals surface area contributed by atoms with Crippen molar-refractivity contribution >= 4 is 55.1 Å². The normalized spacial score (nSPS) is 12.5. The number of hydrogen-bond acceptors (Lipinski definition) is 0. The second kappa shape index (κ2) is 6.13. The van der Waals surface area contributed by atoms with Gasteiger partial charge in [0.1, 0.15) is 5.82 Å². The molecule has 0 aromatic heterocycles. The van der Waals surface area contributed by atoms with Crippen LogP contribution in [0.25, 0.3) is 0 Å². The number of benzene rings is 2. The van der Waals surface area contributed by atoms with Crippen LogP contribution in [0.1, 0.15) is 21.5 Å². The molecule has 0 amide bonds. The number of halogens is 5. The third kappa shape index (κ3) is 3.33. The molecule has 0 saturated heterocycles. The predicted octanol–water partition coefficient (Wildman–Crippen LogP) is 6.69. The Morgan fingerprint density at radius 2 is 1.79 bits per heavy atom. The first-order valence-corrected chi connectivity index (χ1v) is 7.91. The standard InChI is InChI=1S/C14H9Br2Cl2F/c1-7-4-8(2-3-11(7)17)14(16)9-5-12(18)10(15)6-13(9)19/h2-6,14H,1H3. The quantitative estimate of drug-likeness (QED) is 0.370. The molecule has 2 rings (SSSR count). The van der Waals surface area contributed by atoms with Crippen LogP contribution < -0.4 is 0 Å². The van der Waals surface area contributed by atoms with E-state index in [0.29, 0.717) is 20.1 Å². The highest BCUT2D eigenvalue weighted by molar-refractivity contribution is 9.10. The molecule has 0 bridgehead atoms. The van der Waals surface area contributed by atoms with E-state index < -0.39 is 0 Å². The van der Waals surface area contributed by atoms with Gasteiger partial charge < -0.3 is 0 Å². The van der Waals surface area contributed by atoms with Crippen LogP contribution in [0.3, 0.4) is 0 Å². The lowest BCUT2D eigenvalue weighted by atomic mass is 10.0. The molecule has 1 unspecified atom stereocenters. The smallest absolute Gasteiger partial charge is 0.129 e. The SMILES string of the molecule is Cc1cc(C(Br)c2cc(Cl)c(Br)cc2F)ccc1Cl. The van der Waals surface area contributed by atoms with E-state index in [4.69, 9.17) is 23.2 Å². The number of aryl methyl sites for hydroxylation is 1. The highest BCUT2D eigenvalue weighted by atomic mass is 79.9. The van der Waals surface area contributed by atoms with Gasteiger partial charge in [-0.2, -0.15) is 0 Å².